The molecule has 1 aliphatic heterocycles. The number of carbonyl (C=O) groups excluding carboxylic acids is 1. The molecule has 7 heteroatoms. The van der Waals surface area contributed by atoms with Crippen LogP contribution in [0.15, 0.2) is 17.0 Å². The minimum atomic E-state index is -0.495. The minimum absolute atomic E-state index is 0.308. The van der Waals surface area contributed by atoms with E-state index < -0.39 is 5.91 Å². The van der Waals surface area contributed by atoms with E-state index in [1.165, 1.54) is 12.8 Å². The largest absolute Gasteiger partial charge is 0.364 e. The summed E-state index contributed by atoms with van der Waals surface area (Å²) in [5, 5.41) is 2.11. The van der Waals surface area contributed by atoms with Gasteiger partial charge in [0.2, 0.25) is 0 Å². The number of likely N-dealkylation sites (tertiary alicyclic amines) is 1. The standard InChI is InChI=1S/C16H21N5OS/c1-11-19-13(6-15(20-11)16(17)22)5-12-3-2-4-21(7-12)8-14-9-23-10-18-14/h6,9-10,12H,2-5,7-8H2,1H3,(H2,17,22)/t12-/m0/s1. The van der Waals surface area contributed by atoms with Crippen molar-refractivity contribution in [2.75, 3.05) is 13.1 Å². The topological polar surface area (TPSA) is 85.0 Å². The number of aromatic nitrogens is 3. The van der Waals surface area contributed by atoms with Crippen LogP contribution in [0.3, 0.4) is 0 Å². The zero-order valence-electron chi connectivity index (χ0n) is 13.2. The quantitative estimate of drug-likeness (QED) is 0.903. The number of nitrogens with zero attached hydrogens (tertiary/aromatic N) is 4. The predicted octanol–water partition coefficient (Wildman–Crippen LogP) is 1.80. The molecule has 0 spiro atoms. The molecule has 0 radical (unpaired) electrons. The number of thiazole rings is 1. The summed E-state index contributed by atoms with van der Waals surface area (Å²) in [7, 11) is 0. The number of nitrogens with two attached hydrogens (primary N) is 1. The second-order valence-corrected chi connectivity index (χ2v) is 6.80. The molecule has 1 saturated heterocycles. The van der Waals surface area contributed by atoms with E-state index >= 15 is 0 Å². The molecule has 122 valence electrons. The number of piperidine rings is 1. The van der Waals surface area contributed by atoms with Crippen molar-refractivity contribution in [3.05, 3.63) is 39.9 Å². The van der Waals surface area contributed by atoms with Gasteiger partial charge in [0.05, 0.1) is 11.2 Å². The number of hydrogen-bond donors (Lipinski definition) is 1. The number of amides is 1. The SMILES string of the molecule is Cc1nc(C[C@@H]2CCCN(Cc3cscn3)C2)cc(C(N)=O)n1. The summed E-state index contributed by atoms with van der Waals surface area (Å²) >= 11 is 1.64. The Labute approximate surface area is 139 Å². The highest BCUT2D eigenvalue weighted by atomic mass is 32.1. The molecule has 1 aliphatic rings. The van der Waals surface area contributed by atoms with Crippen LogP contribution in [-0.4, -0.2) is 38.8 Å². The second-order valence-electron chi connectivity index (χ2n) is 6.08. The average Bonchev–Trinajstić information content (AvgIpc) is 3.00. The first kappa shape index (κ1) is 16.0. The highest BCUT2D eigenvalue weighted by molar-refractivity contribution is 7.07. The van der Waals surface area contributed by atoms with Crippen LogP contribution < -0.4 is 5.73 Å². The van der Waals surface area contributed by atoms with Crippen LogP contribution in [0.25, 0.3) is 0 Å². The van der Waals surface area contributed by atoms with Crippen molar-refractivity contribution in [2.45, 2.75) is 32.7 Å². The lowest BCUT2D eigenvalue weighted by Crippen LogP contribution is -2.36. The zero-order valence-corrected chi connectivity index (χ0v) is 14.1. The van der Waals surface area contributed by atoms with Gasteiger partial charge >= 0.3 is 0 Å². The molecule has 0 aromatic carbocycles. The van der Waals surface area contributed by atoms with E-state index in [4.69, 9.17) is 5.73 Å². The van der Waals surface area contributed by atoms with Crippen molar-refractivity contribution < 1.29 is 4.79 Å². The third kappa shape index (κ3) is 4.33. The van der Waals surface area contributed by atoms with Gasteiger partial charge in [0.25, 0.3) is 5.91 Å². The monoisotopic (exact) mass is 331 g/mol. The molecule has 2 aromatic heterocycles. The zero-order chi connectivity index (χ0) is 16.2. The van der Waals surface area contributed by atoms with Gasteiger partial charge in [0.15, 0.2) is 0 Å². The molecular weight excluding hydrogens is 310 g/mol. The number of hydrogen-bond acceptors (Lipinski definition) is 6. The van der Waals surface area contributed by atoms with Crippen LogP contribution >= 0.6 is 11.3 Å². The first-order valence-electron chi connectivity index (χ1n) is 7.84. The molecule has 3 heterocycles. The van der Waals surface area contributed by atoms with Gasteiger partial charge in [0.1, 0.15) is 11.5 Å². The lowest BCUT2D eigenvalue weighted by atomic mass is 9.93. The van der Waals surface area contributed by atoms with Crippen molar-refractivity contribution in [2.24, 2.45) is 11.7 Å². The molecule has 0 bridgehead atoms. The Balaban J connectivity index is 1.64. The first-order valence-corrected chi connectivity index (χ1v) is 8.78. The van der Waals surface area contributed by atoms with E-state index in [0.29, 0.717) is 17.4 Å². The molecule has 23 heavy (non-hydrogen) atoms. The second kappa shape index (κ2) is 7.14. The van der Waals surface area contributed by atoms with Crippen LogP contribution in [-0.2, 0) is 13.0 Å². The first-order chi connectivity index (χ1) is 11.1. The van der Waals surface area contributed by atoms with Gasteiger partial charge in [-0.05, 0) is 44.7 Å². The summed E-state index contributed by atoms with van der Waals surface area (Å²) in [6.45, 7) is 4.86. The maximum atomic E-state index is 11.3. The summed E-state index contributed by atoms with van der Waals surface area (Å²) < 4.78 is 0. The Morgan fingerprint density at radius 3 is 3.04 bits per heavy atom. The van der Waals surface area contributed by atoms with Gasteiger partial charge in [-0.2, -0.15) is 0 Å². The molecule has 2 aromatic rings. The summed E-state index contributed by atoms with van der Waals surface area (Å²) in [6, 6.07) is 1.73. The van der Waals surface area contributed by atoms with Crippen molar-refractivity contribution in [1.82, 2.24) is 19.9 Å². The summed E-state index contributed by atoms with van der Waals surface area (Å²) in [4.78, 5) is 26.7. The number of aryl methyl sites for hydroxylation is 1. The fraction of sp³-hybridized carbons (Fsp3) is 0.500. The van der Waals surface area contributed by atoms with E-state index in [1.54, 1.807) is 24.3 Å². The van der Waals surface area contributed by atoms with Gasteiger partial charge in [-0.3, -0.25) is 9.69 Å². The normalized spacial score (nSPS) is 18.9. The smallest absolute Gasteiger partial charge is 0.267 e. The number of rotatable bonds is 5. The van der Waals surface area contributed by atoms with Crippen LogP contribution in [0.2, 0.25) is 0 Å². The Morgan fingerprint density at radius 1 is 1.43 bits per heavy atom. The highest BCUT2D eigenvalue weighted by Crippen LogP contribution is 2.22. The van der Waals surface area contributed by atoms with E-state index in [-0.39, 0.29) is 0 Å². The fourth-order valence-corrected chi connectivity index (χ4v) is 3.71. The Bertz CT molecular complexity index is 673. The van der Waals surface area contributed by atoms with E-state index in [1.807, 2.05) is 5.51 Å². The number of primary amides is 1. The van der Waals surface area contributed by atoms with Crippen LogP contribution in [0.1, 0.15) is 40.5 Å². The van der Waals surface area contributed by atoms with Crippen molar-refractivity contribution in [3.8, 4) is 0 Å². The highest BCUT2D eigenvalue weighted by Gasteiger charge is 2.21. The summed E-state index contributed by atoms with van der Waals surface area (Å²) in [5.41, 5.74) is 9.58. The van der Waals surface area contributed by atoms with Crippen molar-refractivity contribution in [1.29, 1.82) is 0 Å². The van der Waals surface area contributed by atoms with Gasteiger partial charge in [-0.15, -0.1) is 11.3 Å². The van der Waals surface area contributed by atoms with Crippen LogP contribution in [0.5, 0.6) is 0 Å². The molecule has 0 saturated carbocycles. The lowest BCUT2D eigenvalue weighted by molar-refractivity contribution is 0.0995. The molecule has 1 fully saturated rings. The van der Waals surface area contributed by atoms with Gasteiger partial charge in [0, 0.05) is 24.2 Å². The third-order valence-corrected chi connectivity index (χ3v) is 4.75. The molecule has 0 aliphatic carbocycles. The van der Waals surface area contributed by atoms with Crippen LogP contribution in [0, 0.1) is 12.8 Å². The molecule has 3 rings (SSSR count). The van der Waals surface area contributed by atoms with E-state index in [9.17, 15) is 4.79 Å². The summed E-state index contributed by atoms with van der Waals surface area (Å²) in [5.74, 6) is 0.648. The van der Waals surface area contributed by atoms with Crippen molar-refractivity contribution >= 4 is 17.2 Å². The van der Waals surface area contributed by atoms with Crippen LogP contribution in [0.4, 0.5) is 0 Å². The molecule has 2 N–H and O–H groups in total. The van der Waals surface area contributed by atoms with Gasteiger partial charge in [-0.25, -0.2) is 15.0 Å². The lowest BCUT2D eigenvalue weighted by Gasteiger charge is -2.32. The van der Waals surface area contributed by atoms with Crippen molar-refractivity contribution in [3.63, 3.8) is 0 Å². The Hall–Kier alpha value is -1.86. The third-order valence-electron chi connectivity index (χ3n) is 4.11. The van der Waals surface area contributed by atoms with E-state index in [0.717, 1.165) is 37.4 Å². The molecule has 0 unspecified atom stereocenters. The van der Waals surface area contributed by atoms with E-state index in [2.05, 4.69) is 25.2 Å². The minimum Gasteiger partial charge on any atom is -0.364 e. The maximum absolute atomic E-state index is 11.3. The molecule has 6 nitrogen and oxygen atoms in total. The summed E-state index contributed by atoms with van der Waals surface area (Å²) in [6.07, 6.45) is 3.22. The average molecular weight is 331 g/mol. The Kier molecular flexibility index (Phi) is 4.97. The molecule has 1 amide bonds. The predicted molar refractivity (Wildman–Crippen MR) is 89.1 cm³/mol. The fourth-order valence-electron chi connectivity index (χ4n) is 3.16. The van der Waals surface area contributed by atoms with Gasteiger partial charge in [-0.1, -0.05) is 0 Å². The Morgan fingerprint density at radius 2 is 2.30 bits per heavy atom. The number of carbonyl (C=O) groups is 1. The maximum Gasteiger partial charge on any atom is 0.267 e. The molecule has 1 atom stereocenters. The molecular formula is C16H21N5OS. The van der Waals surface area contributed by atoms with Gasteiger partial charge < -0.3 is 5.73 Å².